The van der Waals surface area contributed by atoms with Crippen LogP contribution in [0.3, 0.4) is 0 Å². The molecule has 6 atom stereocenters. The average Bonchev–Trinajstić information content (AvgIpc) is 3.15. The summed E-state index contributed by atoms with van der Waals surface area (Å²) < 4.78 is 45.4. The van der Waals surface area contributed by atoms with Crippen molar-refractivity contribution >= 4 is 32.9 Å². The van der Waals surface area contributed by atoms with Crippen LogP contribution in [0.5, 0.6) is 0 Å². The van der Waals surface area contributed by atoms with Crippen LogP contribution in [-0.2, 0) is 23.0 Å². The van der Waals surface area contributed by atoms with E-state index in [0.717, 1.165) is 0 Å². The number of aliphatic hydroxyl groups excluding tert-OH is 1. The molecule has 14 nitrogen and oxygen atoms in total. The summed E-state index contributed by atoms with van der Waals surface area (Å²) in [6.45, 7) is -6.18. The number of aromatic nitrogens is 4. The van der Waals surface area contributed by atoms with Crippen molar-refractivity contribution in [2.45, 2.75) is 24.9 Å². The third-order valence-electron chi connectivity index (χ3n) is 3.82. The Hall–Kier alpha value is -1.33. The van der Waals surface area contributed by atoms with E-state index in [2.05, 4.69) is 19.5 Å². The van der Waals surface area contributed by atoms with Crippen LogP contribution in [0.2, 0.25) is 0 Å². The van der Waals surface area contributed by atoms with Crippen molar-refractivity contribution in [1.82, 2.24) is 19.5 Å². The van der Waals surface area contributed by atoms with E-state index in [0.29, 0.717) is 5.52 Å². The summed E-state index contributed by atoms with van der Waals surface area (Å²) in [6, 6.07) is 0. The molecule has 3 heterocycles. The quantitative estimate of drug-likeness (QED) is 0.367. The van der Waals surface area contributed by atoms with Gasteiger partial charge in [-0.3, -0.25) is 19.0 Å². The molecule has 3 unspecified atom stereocenters. The van der Waals surface area contributed by atoms with Gasteiger partial charge in [-0.25, -0.2) is 18.9 Å². The average molecular weight is 443 g/mol. The second kappa shape index (κ2) is 7.25. The Morgan fingerprint density at radius 2 is 2.11 bits per heavy atom. The number of nitrogens with one attached hydrogen (secondary N) is 1. The molecule has 2 aromatic rings. The van der Waals surface area contributed by atoms with Crippen molar-refractivity contribution in [1.29, 1.82) is 0 Å². The van der Waals surface area contributed by atoms with Crippen LogP contribution in [0, 0.1) is 0 Å². The summed E-state index contributed by atoms with van der Waals surface area (Å²) in [5.74, 6) is 0. The van der Waals surface area contributed by atoms with E-state index < -0.39 is 52.5 Å². The van der Waals surface area contributed by atoms with Gasteiger partial charge in [-0.05, 0) is 4.57 Å². The predicted molar refractivity (Wildman–Crippen MR) is 88.1 cm³/mol. The summed E-state index contributed by atoms with van der Waals surface area (Å²) in [5, 5.41) is 10.1. The Kier molecular flexibility index (Phi) is 5.48. The van der Waals surface area contributed by atoms with Crippen molar-refractivity contribution in [3.63, 3.8) is 0 Å². The number of nitrogens with zero attached hydrogens (tertiary/aromatic N) is 3. The molecule has 27 heavy (non-hydrogen) atoms. The summed E-state index contributed by atoms with van der Waals surface area (Å²) in [4.78, 5) is 48.8. The molecule has 1 saturated heterocycles. The second-order valence-electron chi connectivity index (χ2n) is 5.56. The monoisotopic (exact) mass is 443 g/mol. The van der Waals surface area contributed by atoms with Gasteiger partial charge in [0.25, 0.3) is 0 Å². The first-order valence-electron chi connectivity index (χ1n) is 7.25. The lowest BCUT2D eigenvalue weighted by atomic mass is 10.2. The molecule has 5 N–H and O–H groups in total. The van der Waals surface area contributed by atoms with E-state index >= 15 is 0 Å². The molecular formula is C10H14N4O10P3+. The van der Waals surface area contributed by atoms with Crippen LogP contribution in [0.15, 0.2) is 17.3 Å². The van der Waals surface area contributed by atoms with Gasteiger partial charge in [0.1, 0.15) is 23.5 Å². The molecule has 0 amide bonds. The lowest BCUT2D eigenvalue weighted by molar-refractivity contribution is -0.0389. The van der Waals surface area contributed by atoms with Gasteiger partial charge in [-0.15, -0.1) is 0 Å². The van der Waals surface area contributed by atoms with E-state index in [1.165, 1.54) is 17.1 Å². The number of hydrogen-bond acceptors (Lipinski definition) is 9. The Bertz CT molecular complexity index is 1040. The summed E-state index contributed by atoms with van der Waals surface area (Å²) in [5.41, 5.74) is 0.0136. The first kappa shape index (κ1) is 20.4. The van der Waals surface area contributed by atoms with Crippen LogP contribution < -0.4 is 5.69 Å². The molecule has 0 spiro atoms. The Morgan fingerprint density at radius 1 is 1.41 bits per heavy atom. The smallest absolute Gasteiger partial charge is 0.390 e. The molecule has 0 bridgehead atoms. The number of fused-ring (bicyclic) bond motifs is 1. The summed E-state index contributed by atoms with van der Waals surface area (Å²) in [6.07, 6.45) is -0.638. The number of rotatable bonds is 6. The largest absolute Gasteiger partial charge is 0.600 e. The molecule has 1 fully saturated rings. The van der Waals surface area contributed by atoms with Crippen LogP contribution in [0.25, 0.3) is 11.2 Å². The first-order chi connectivity index (χ1) is 12.5. The predicted octanol–water partition coefficient (Wildman–Crippen LogP) is -0.195. The zero-order valence-electron chi connectivity index (χ0n) is 13.2. The first-order valence-corrected chi connectivity index (χ1v) is 13.1. The van der Waals surface area contributed by atoms with Crippen LogP contribution in [-0.4, -0.2) is 58.1 Å². The number of imidazole rings is 1. The SMILES string of the molecule is O=c1ncc2ncn([C@H]3C[C@H](O)[C@@H](COP(=O)(O)P(=O)(O)[P+](=O)O)O3)c2[nH]1. The Morgan fingerprint density at radius 3 is 2.78 bits per heavy atom. The van der Waals surface area contributed by atoms with E-state index in [9.17, 15) is 33.4 Å². The van der Waals surface area contributed by atoms with Crippen LogP contribution >= 0.6 is 21.7 Å². The fraction of sp³-hybridized carbons (Fsp3) is 0.500. The second-order valence-corrected chi connectivity index (χ2v) is 15.1. The molecule has 2 aromatic heterocycles. The fourth-order valence-corrected chi connectivity index (χ4v) is 6.57. The number of ether oxygens (including phenoxy) is 1. The minimum absolute atomic E-state index is 0.00931. The summed E-state index contributed by atoms with van der Waals surface area (Å²) >= 11 is 0. The van der Waals surface area contributed by atoms with Crippen molar-refractivity contribution in [3.8, 4) is 0 Å². The third kappa shape index (κ3) is 3.81. The third-order valence-corrected chi connectivity index (χ3v) is 12.5. The highest BCUT2D eigenvalue weighted by molar-refractivity contribution is 8.57. The molecule has 0 radical (unpaired) electrons. The molecule has 1 aliphatic heterocycles. The van der Waals surface area contributed by atoms with Crippen molar-refractivity contribution in [2.24, 2.45) is 0 Å². The van der Waals surface area contributed by atoms with Crippen molar-refractivity contribution < 1.29 is 42.7 Å². The maximum atomic E-state index is 11.7. The standard InChI is InChI=1S/C10H13N4O10P3/c15-6-1-8(14-4-12-5-2-11-10(16)13-9(5)14)24-7(6)3-23-26(19,20)27(21,22)25(17)18/h2,4,6-8,15H,1,3H2,(H3-,11,13,16,17,18,19,20,21,22)/p+1/t6-,7+,8+/m0/s1. The highest BCUT2D eigenvalue weighted by Gasteiger charge is 2.61. The zero-order chi connectivity index (χ0) is 20.0. The molecule has 0 aromatic carbocycles. The normalized spacial score (nSPS) is 28.0. The van der Waals surface area contributed by atoms with Gasteiger partial charge in [0.15, 0.2) is 0 Å². The molecule has 1 aliphatic rings. The molecule has 0 aliphatic carbocycles. The molecule has 17 heteroatoms. The molecule has 0 saturated carbocycles. The minimum atomic E-state index is -5.39. The highest BCUT2D eigenvalue weighted by Crippen LogP contribution is 2.88. The van der Waals surface area contributed by atoms with Gasteiger partial charge >= 0.3 is 27.4 Å². The van der Waals surface area contributed by atoms with Crippen LogP contribution in [0.4, 0.5) is 0 Å². The topological polar surface area (TPSA) is 214 Å². The van der Waals surface area contributed by atoms with E-state index in [1.807, 2.05) is 0 Å². The number of H-pyrrole nitrogens is 1. The molecule has 148 valence electrons. The molecule has 3 rings (SSSR count). The highest BCUT2D eigenvalue weighted by atomic mass is 32.5. The van der Waals surface area contributed by atoms with Crippen molar-refractivity contribution in [2.75, 3.05) is 6.61 Å². The van der Waals surface area contributed by atoms with E-state index in [1.54, 1.807) is 0 Å². The van der Waals surface area contributed by atoms with Gasteiger partial charge in [0.05, 0.1) is 25.2 Å². The van der Waals surface area contributed by atoms with Gasteiger partial charge < -0.3 is 14.7 Å². The lowest BCUT2D eigenvalue weighted by Crippen LogP contribution is -2.25. The number of hydrogen-bond donors (Lipinski definition) is 5. The maximum Gasteiger partial charge on any atom is 0.600 e. The number of aliphatic hydroxyl groups is 1. The Labute approximate surface area is 150 Å². The maximum absolute atomic E-state index is 11.7. The molecular weight excluding hydrogens is 429 g/mol. The van der Waals surface area contributed by atoms with E-state index in [4.69, 9.17) is 9.63 Å². The van der Waals surface area contributed by atoms with Gasteiger partial charge in [0.2, 0.25) is 0 Å². The minimum Gasteiger partial charge on any atom is -0.390 e. The summed E-state index contributed by atoms with van der Waals surface area (Å²) in [7, 11) is -9.21. The Balaban J connectivity index is 1.74. The van der Waals surface area contributed by atoms with Gasteiger partial charge in [0, 0.05) is 6.42 Å². The van der Waals surface area contributed by atoms with Gasteiger partial charge in [-0.2, -0.15) is 9.88 Å². The van der Waals surface area contributed by atoms with Crippen molar-refractivity contribution in [3.05, 3.63) is 23.0 Å². The zero-order valence-corrected chi connectivity index (χ0v) is 15.9. The lowest BCUT2D eigenvalue weighted by Gasteiger charge is -2.17. The fourth-order valence-electron chi connectivity index (χ4n) is 2.45. The van der Waals surface area contributed by atoms with E-state index in [-0.39, 0.29) is 12.1 Å². The van der Waals surface area contributed by atoms with Gasteiger partial charge in [-0.1, -0.05) is 0 Å². The number of aromatic amines is 1. The van der Waals surface area contributed by atoms with Crippen LogP contribution in [0.1, 0.15) is 12.6 Å².